The minimum atomic E-state index is -0.328. The van der Waals surface area contributed by atoms with Crippen molar-refractivity contribution in [3.05, 3.63) is 59.9 Å². The molecule has 0 fully saturated rings. The number of hydrogen-bond acceptors (Lipinski definition) is 3. The van der Waals surface area contributed by atoms with Crippen molar-refractivity contribution in [2.24, 2.45) is 0 Å². The maximum atomic E-state index is 12.9. The van der Waals surface area contributed by atoms with Crippen LogP contribution in [0.5, 0.6) is 5.75 Å². The number of nitrogens with zero attached hydrogens (tertiary/aromatic N) is 1. The van der Waals surface area contributed by atoms with Gasteiger partial charge in [-0.15, -0.1) is 0 Å². The molecule has 0 heterocycles. The molecule has 4 nitrogen and oxygen atoms in total. The highest BCUT2D eigenvalue weighted by Crippen LogP contribution is 2.17. The Morgan fingerprint density at radius 2 is 1.96 bits per heavy atom. The molecule has 1 N–H and O–H groups in total. The van der Waals surface area contributed by atoms with E-state index < -0.39 is 0 Å². The van der Waals surface area contributed by atoms with Gasteiger partial charge in [0, 0.05) is 18.3 Å². The predicted octanol–water partition coefficient (Wildman–Crippen LogP) is 3.29. The molecular weight excluding hydrogens is 295 g/mol. The van der Waals surface area contributed by atoms with Crippen LogP contribution in [0, 0.1) is 5.82 Å². The second kappa shape index (κ2) is 7.74. The molecule has 1 atom stereocenters. The minimum Gasteiger partial charge on any atom is -0.497 e. The van der Waals surface area contributed by atoms with Gasteiger partial charge < -0.3 is 10.1 Å². The van der Waals surface area contributed by atoms with Crippen LogP contribution in [0.3, 0.4) is 0 Å². The smallest absolute Gasteiger partial charge is 0.241 e. The summed E-state index contributed by atoms with van der Waals surface area (Å²) in [6.07, 6.45) is 0. The molecule has 1 unspecified atom stereocenters. The molecule has 0 bridgehead atoms. The van der Waals surface area contributed by atoms with Crippen molar-refractivity contribution in [3.8, 4) is 5.75 Å². The van der Waals surface area contributed by atoms with Crippen LogP contribution in [0.1, 0.15) is 12.5 Å². The molecule has 0 aliphatic rings. The Balaban J connectivity index is 1.96. The van der Waals surface area contributed by atoms with Gasteiger partial charge in [0.15, 0.2) is 0 Å². The number of carbonyl (C=O) groups excluding carboxylic acids is 1. The Bertz CT molecular complexity index is 658. The molecule has 2 aromatic carbocycles. The zero-order valence-electron chi connectivity index (χ0n) is 13.5. The number of amides is 1. The fourth-order valence-electron chi connectivity index (χ4n) is 2.16. The van der Waals surface area contributed by atoms with Crippen molar-refractivity contribution in [1.29, 1.82) is 0 Å². The predicted molar refractivity (Wildman–Crippen MR) is 89.0 cm³/mol. The molecule has 1 amide bonds. The third-order valence-electron chi connectivity index (χ3n) is 3.72. The standard InChI is InChI=1S/C18H21FN2O2/c1-13(21(2)12-14-7-9-15(19)10-8-14)18(22)20-16-5-4-6-17(11-16)23-3/h4-11,13H,12H2,1-3H3,(H,20,22). The van der Waals surface area contributed by atoms with E-state index >= 15 is 0 Å². The summed E-state index contributed by atoms with van der Waals surface area (Å²) in [6, 6.07) is 13.2. The number of halogens is 1. The zero-order valence-corrected chi connectivity index (χ0v) is 13.5. The molecule has 0 radical (unpaired) electrons. The maximum Gasteiger partial charge on any atom is 0.241 e. The van der Waals surface area contributed by atoms with Gasteiger partial charge in [0.05, 0.1) is 13.2 Å². The van der Waals surface area contributed by atoms with E-state index in [1.807, 2.05) is 37.1 Å². The van der Waals surface area contributed by atoms with E-state index in [0.29, 0.717) is 18.0 Å². The SMILES string of the molecule is COc1cccc(NC(=O)C(C)N(C)Cc2ccc(F)cc2)c1. The lowest BCUT2D eigenvalue weighted by molar-refractivity contribution is -0.120. The van der Waals surface area contributed by atoms with Crippen molar-refractivity contribution in [2.45, 2.75) is 19.5 Å². The Morgan fingerprint density at radius 3 is 2.61 bits per heavy atom. The molecule has 5 heteroatoms. The number of carbonyl (C=O) groups is 1. The fourth-order valence-corrected chi connectivity index (χ4v) is 2.16. The highest BCUT2D eigenvalue weighted by molar-refractivity contribution is 5.94. The van der Waals surface area contributed by atoms with Gasteiger partial charge >= 0.3 is 0 Å². The van der Waals surface area contributed by atoms with E-state index in [0.717, 1.165) is 5.56 Å². The molecular formula is C18H21FN2O2. The summed E-state index contributed by atoms with van der Waals surface area (Å²) >= 11 is 0. The quantitative estimate of drug-likeness (QED) is 0.889. The van der Waals surface area contributed by atoms with Gasteiger partial charge in [0.25, 0.3) is 0 Å². The number of likely N-dealkylation sites (N-methyl/N-ethyl adjacent to an activating group) is 1. The second-order valence-electron chi connectivity index (χ2n) is 5.44. The lowest BCUT2D eigenvalue weighted by atomic mass is 10.2. The van der Waals surface area contributed by atoms with Crippen LogP contribution in [0.25, 0.3) is 0 Å². The van der Waals surface area contributed by atoms with E-state index in [1.165, 1.54) is 12.1 Å². The lowest BCUT2D eigenvalue weighted by Crippen LogP contribution is -2.39. The zero-order chi connectivity index (χ0) is 16.8. The fraction of sp³-hybridized carbons (Fsp3) is 0.278. The minimum absolute atomic E-state index is 0.108. The number of methoxy groups -OCH3 is 1. The number of ether oxygens (including phenoxy) is 1. The summed E-state index contributed by atoms with van der Waals surface area (Å²) in [5, 5.41) is 2.87. The van der Waals surface area contributed by atoms with Gasteiger partial charge in [-0.25, -0.2) is 4.39 Å². The number of rotatable bonds is 6. The molecule has 122 valence electrons. The Morgan fingerprint density at radius 1 is 1.26 bits per heavy atom. The molecule has 23 heavy (non-hydrogen) atoms. The first kappa shape index (κ1) is 17.0. The van der Waals surface area contributed by atoms with E-state index in [-0.39, 0.29) is 17.8 Å². The van der Waals surface area contributed by atoms with Crippen molar-refractivity contribution in [2.75, 3.05) is 19.5 Å². The molecule has 2 rings (SSSR count). The Kier molecular flexibility index (Phi) is 5.71. The number of anilines is 1. The Labute approximate surface area is 135 Å². The van der Waals surface area contributed by atoms with Gasteiger partial charge in [-0.1, -0.05) is 18.2 Å². The van der Waals surface area contributed by atoms with Crippen molar-refractivity contribution < 1.29 is 13.9 Å². The summed E-state index contributed by atoms with van der Waals surface area (Å²) < 4.78 is 18.1. The van der Waals surface area contributed by atoms with Crippen molar-refractivity contribution in [3.63, 3.8) is 0 Å². The monoisotopic (exact) mass is 316 g/mol. The molecule has 0 aliphatic heterocycles. The molecule has 0 saturated carbocycles. The summed E-state index contributed by atoms with van der Waals surface area (Å²) in [4.78, 5) is 14.2. The highest BCUT2D eigenvalue weighted by Gasteiger charge is 2.18. The van der Waals surface area contributed by atoms with Crippen LogP contribution in [0.4, 0.5) is 10.1 Å². The van der Waals surface area contributed by atoms with Crippen LogP contribution >= 0.6 is 0 Å². The lowest BCUT2D eigenvalue weighted by Gasteiger charge is -2.24. The molecule has 0 spiro atoms. The average Bonchev–Trinajstić information content (AvgIpc) is 2.56. The largest absolute Gasteiger partial charge is 0.497 e. The second-order valence-corrected chi connectivity index (χ2v) is 5.44. The average molecular weight is 316 g/mol. The van der Waals surface area contributed by atoms with Crippen LogP contribution in [-0.2, 0) is 11.3 Å². The summed E-state index contributed by atoms with van der Waals surface area (Å²) in [7, 11) is 3.44. The maximum absolute atomic E-state index is 12.9. The number of benzene rings is 2. The van der Waals surface area contributed by atoms with Crippen LogP contribution < -0.4 is 10.1 Å². The van der Waals surface area contributed by atoms with E-state index in [2.05, 4.69) is 5.32 Å². The summed E-state index contributed by atoms with van der Waals surface area (Å²) in [5.41, 5.74) is 1.64. The Hall–Kier alpha value is -2.40. The van der Waals surface area contributed by atoms with Crippen LogP contribution in [0.15, 0.2) is 48.5 Å². The summed E-state index contributed by atoms with van der Waals surface area (Å²) in [6.45, 7) is 2.39. The first-order chi connectivity index (χ1) is 11.0. The third kappa shape index (κ3) is 4.79. The first-order valence-corrected chi connectivity index (χ1v) is 7.39. The van der Waals surface area contributed by atoms with Crippen molar-refractivity contribution >= 4 is 11.6 Å². The molecule has 0 aromatic heterocycles. The van der Waals surface area contributed by atoms with Gasteiger partial charge in [0.1, 0.15) is 11.6 Å². The first-order valence-electron chi connectivity index (χ1n) is 7.39. The van der Waals surface area contributed by atoms with Crippen molar-refractivity contribution in [1.82, 2.24) is 4.90 Å². The molecule has 0 aliphatic carbocycles. The van der Waals surface area contributed by atoms with Gasteiger partial charge in [-0.2, -0.15) is 0 Å². The highest BCUT2D eigenvalue weighted by atomic mass is 19.1. The topological polar surface area (TPSA) is 41.6 Å². The number of nitrogens with one attached hydrogen (secondary N) is 1. The van der Waals surface area contributed by atoms with Crippen LogP contribution in [0.2, 0.25) is 0 Å². The van der Waals surface area contributed by atoms with E-state index in [1.54, 1.807) is 25.3 Å². The third-order valence-corrected chi connectivity index (χ3v) is 3.72. The van der Waals surface area contributed by atoms with E-state index in [4.69, 9.17) is 4.74 Å². The number of hydrogen-bond donors (Lipinski definition) is 1. The van der Waals surface area contributed by atoms with Gasteiger partial charge in [0.2, 0.25) is 5.91 Å². The van der Waals surface area contributed by atoms with E-state index in [9.17, 15) is 9.18 Å². The normalized spacial score (nSPS) is 12.0. The molecule has 2 aromatic rings. The van der Waals surface area contributed by atoms with Gasteiger partial charge in [-0.05, 0) is 43.8 Å². The van der Waals surface area contributed by atoms with Crippen LogP contribution in [-0.4, -0.2) is 31.0 Å². The van der Waals surface area contributed by atoms with Gasteiger partial charge in [-0.3, -0.25) is 9.69 Å². The summed E-state index contributed by atoms with van der Waals surface area (Å²) in [5.74, 6) is 0.318. The molecule has 0 saturated heterocycles.